The van der Waals surface area contributed by atoms with Crippen LogP contribution in [0.1, 0.15) is 128 Å². The van der Waals surface area contributed by atoms with Crippen LogP contribution < -0.4 is 5.32 Å². The summed E-state index contributed by atoms with van der Waals surface area (Å²) >= 11 is 0. The number of hydrogen-bond acceptors (Lipinski definition) is 5. The molecule has 9 unspecified atom stereocenters. The molecule has 1 heterocycles. The van der Waals surface area contributed by atoms with E-state index in [9.17, 15) is 23.1 Å². The largest absolute Gasteiger partial charge is 0.478 e. The van der Waals surface area contributed by atoms with Crippen LogP contribution in [-0.2, 0) is 14.6 Å². The predicted octanol–water partition coefficient (Wildman–Crippen LogP) is 8.66. The zero-order valence-electron chi connectivity index (χ0n) is 33.4. The molecule has 1 aromatic rings. The van der Waals surface area contributed by atoms with Crippen LogP contribution in [0.5, 0.6) is 0 Å². The molecule has 7 rings (SSSR count). The Labute approximate surface area is 319 Å². The minimum atomic E-state index is -2.99. The van der Waals surface area contributed by atoms with Gasteiger partial charge < -0.3 is 15.3 Å². The predicted molar refractivity (Wildman–Crippen MR) is 213 cm³/mol. The Balaban J connectivity index is 1.07. The van der Waals surface area contributed by atoms with Crippen molar-refractivity contribution in [1.82, 2.24) is 10.2 Å². The number of amides is 1. The Morgan fingerprint density at radius 3 is 2.26 bits per heavy atom. The van der Waals surface area contributed by atoms with E-state index < -0.39 is 15.8 Å². The second-order valence-electron chi connectivity index (χ2n) is 19.8. The Kier molecular flexibility index (Phi) is 9.98. The molecule has 9 atom stereocenters. The van der Waals surface area contributed by atoms with Crippen LogP contribution in [-0.4, -0.2) is 68.0 Å². The van der Waals surface area contributed by atoms with E-state index in [2.05, 4.69) is 59.5 Å². The molecule has 1 aliphatic heterocycles. The Bertz CT molecular complexity index is 1750. The summed E-state index contributed by atoms with van der Waals surface area (Å²) in [6.45, 7) is 22.3. The molecule has 1 saturated heterocycles. The fourth-order valence-corrected chi connectivity index (χ4v) is 15.5. The molecule has 0 spiro atoms. The van der Waals surface area contributed by atoms with Gasteiger partial charge in [-0.2, -0.15) is 0 Å². The van der Waals surface area contributed by atoms with E-state index >= 15 is 0 Å². The van der Waals surface area contributed by atoms with Crippen molar-refractivity contribution in [2.75, 3.05) is 37.7 Å². The van der Waals surface area contributed by atoms with Crippen LogP contribution in [0.15, 0.2) is 42.5 Å². The number of carboxylic acids is 1. The van der Waals surface area contributed by atoms with Crippen LogP contribution in [0.2, 0.25) is 0 Å². The lowest BCUT2D eigenvalue weighted by atomic mass is 9.32. The quantitative estimate of drug-likeness (QED) is 0.194. The van der Waals surface area contributed by atoms with Crippen molar-refractivity contribution in [3.05, 3.63) is 53.6 Å². The number of hydrogen-bond donors (Lipinski definition) is 2. The Hall–Kier alpha value is -2.45. The zero-order valence-corrected chi connectivity index (χ0v) is 34.3. The first-order valence-corrected chi connectivity index (χ1v) is 22.6. The lowest BCUT2D eigenvalue weighted by Gasteiger charge is -2.72. The van der Waals surface area contributed by atoms with E-state index in [-0.39, 0.29) is 44.5 Å². The van der Waals surface area contributed by atoms with Crippen LogP contribution in [0.4, 0.5) is 0 Å². The molecule has 7 nitrogen and oxygen atoms in total. The summed E-state index contributed by atoms with van der Waals surface area (Å²) in [5.41, 5.74) is 5.28. The first-order valence-electron chi connectivity index (χ1n) is 20.8. The smallest absolute Gasteiger partial charge is 0.335 e. The third-order valence-electron chi connectivity index (χ3n) is 17.2. The van der Waals surface area contributed by atoms with Gasteiger partial charge in [-0.05, 0) is 158 Å². The number of carbonyl (C=O) groups is 2. The number of carbonyl (C=O) groups excluding carboxylic acids is 1. The summed E-state index contributed by atoms with van der Waals surface area (Å²) in [4.78, 5) is 26.2. The van der Waals surface area contributed by atoms with Crippen LogP contribution in [0.3, 0.4) is 0 Å². The molecule has 53 heavy (non-hydrogen) atoms. The number of sulfone groups is 1. The van der Waals surface area contributed by atoms with Gasteiger partial charge in [-0.3, -0.25) is 4.79 Å². The van der Waals surface area contributed by atoms with Crippen LogP contribution >= 0.6 is 0 Å². The average Bonchev–Trinajstić information content (AvgIpc) is 3.48. The van der Waals surface area contributed by atoms with Crippen molar-refractivity contribution in [3.8, 4) is 0 Å². The molecule has 292 valence electrons. The van der Waals surface area contributed by atoms with Crippen LogP contribution in [0, 0.1) is 56.7 Å². The Morgan fingerprint density at radius 2 is 1.60 bits per heavy atom. The number of aromatic carboxylic acids is 1. The molecule has 1 aromatic carbocycles. The summed E-state index contributed by atoms with van der Waals surface area (Å²) in [7, 11) is -2.99. The van der Waals surface area contributed by atoms with E-state index in [1.165, 1.54) is 68.1 Å². The van der Waals surface area contributed by atoms with Crippen molar-refractivity contribution >= 4 is 27.3 Å². The number of carboxylic acid groups (broad SMARTS) is 1. The number of benzene rings is 1. The van der Waals surface area contributed by atoms with Crippen LogP contribution in [0.25, 0.3) is 5.57 Å². The highest BCUT2D eigenvalue weighted by Crippen LogP contribution is 2.77. The fraction of sp³-hybridized carbons (Fsp3) is 0.733. The molecule has 6 aliphatic rings. The summed E-state index contributed by atoms with van der Waals surface area (Å²) in [6, 6.07) is 7.56. The molecular formula is C45H66N2O5S. The third-order valence-corrected chi connectivity index (χ3v) is 18.8. The normalized spacial score (nSPS) is 39.8. The summed E-state index contributed by atoms with van der Waals surface area (Å²) in [5, 5.41) is 13.4. The van der Waals surface area contributed by atoms with Crippen molar-refractivity contribution < 1.29 is 23.1 Å². The highest BCUT2D eigenvalue weighted by Gasteiger charge is 2.70. The first kappa shape index (κ1) is 38.8. The standard InChI is InChI=1S/C45H66N2O5S/c1-30(2)33-16-21-45(29-46-24-8-9-38(48)47-25-27-53(51,52)28-26-47)23-22-43(6)35(39(33)45)14-15-37-42(5)19-17-34(31-10-12-32(13-11-31)40(49)50)41(3,4)36(42)18-20-44(37,43)7/h10-13,17,33,35-37,39,46H,1,8-9,14-16,18-29H2,2-7H3,(H,49,50). The van der Waals surface area contributed by atoms with Gasteiger partial charge in [-0.1, -0.05) is 65.0 Å². The summed E-state index contributed by atoms with van der Waals surface area (Å²) < 4.78 is 23.6. The number of allylic oxidation sites excluding steroid dienone is 3. The van der Waals surface area contributed by atoms with E-state index in [1.54, 1.807) is 17.0 Å². The fourth-order valence-electron chi connectivity index (χ4n) is 14.3. The first-order chi connectivity index (χ1) is 24.9. The maximum absolute atomic E-state index is 12.8. The van der Waals surface area contributed by atoms with E-state index in [1.807, 2.05) is 12.1 Å². The van der Waals surface area contributed by atoms with Gasteiger partial charge in [0.05, 0.1) is 17.1 Å². The Morgan fingerprint density at radius 1 is 0.906 bits per heavy atom. The van der Waals surface area contributed by atoms with E-state index in [0.29, 0.717) is 54.7 Å². The van der Waals surface area contributed by atoms with Crippen molar-refractivity contribution in [3.63, 3.8) is 0 Å². The van der Waals surface area contributed by atoms with E-state index in [0.717, 1.165) is 25.9 Å². The molecule has 0 bridgehead atoms. The molecule has 2 N–H and O–H groups in total. The lowest BCUT2D eigenvalue weighted by molar-refractivity contribution is -0.225. The zero-order chi connectivity index (χ0) is 38.2. The molecule has 5 aliphatic carbocycles. The highest BCUT2D eigenvalue weighted by molar-refractivity contribution is 7.91. The topological polar surface area (TPSA) is 104 Å². The lowest BCUT2D eigenvalue weighted by Crippen LogP contribution is -2.65. The van der Waals surface area contributed by atoms with Crippen molar-refractivity contribution in [2.45, 2.75) is 112 Å². The van der Waals surface area contributed by atoms with E-state index in [4.69, 9.17) is 0 Å². The third kappa shape index (κ3) is 6.28. The van der Waals surface area contributed by atoms with Crippen molar-refractivity contribution in [2.24, 2.45) is 56.7 Å². The highest BCUT2D eigenvalue weighted by atomic mass is 32.2. The second-order valence-corrected chi connectivity index (χ2v) is 22.1. The molecule has 5 fully saturated rings. The molecule has 8 heteroatoms. The molecular weight excluding hydrogens is 681 g/mol. The summed E-state index contributed by atoms with van der Waals surface area (Å²) in [5.74, 6) is 2.51. The van der Waals surface area contributed by atoms with Gasteiger partial charge in [0, 0.05) is 26.1 Å². The summed E-state index contributed by atoms with van der Waals surface area (Å²) in [6.07, 6.45) is 15.0. The van der Waals surface area contributed by atoms with Gasteiger partial charge in [0.2, 0.25) is 5.91 Å². The number of fused-ring (bicyclic) bond motifs is 7. The number of nitrogens with zero attached hydrogens (tertiary/aromatic N) is 1. The van der Waals surface area contributed by atoms with Gasteiger partial charge in [-0.25, -0.2) is 13.2 Å². The SMILES string of the molecule is C=C(C)C1CCC2(CNCCCC(=O)N3CCS(=O)(=O)CC3)CCC3(C)C(CCC4C5(C)CC=C(c6ccc(C(=O)O)cc6)C(C)(C)C5CCC43C)C12. The van der Waals surface area contributed by atoms with Gasteiger partial charge >= 0.3 is 5.97 Å². The maximum atomic E-state index is 12.8. The van der Waals surface area contributed by atoms with Gasteiger partial charge in [-0.15, -0.1) is 0 Å². The van der Waals surface area contributed by atoms with Gasteiger partial charge in [0.1, 0.15) is 0 Å². The minimum Gasteiger partial charge on any atom is -0.478 e. The molecule has 0 aromatic heterocycles. The number of rotatable bonds is 9. The average molecular weight is 747 g/mol. The van der Waals surface area contributed by atoms with Gasteiger partial charge in [0.15, 0.2) is 9.84 Å². The molecule has 0 radical (unpaired) electrons. The second kappa shape index (κ2) is 13.6. The monoisotopic (exact) mass is 746 g/mol. The number of nitrogens with one attached hydrogen (secondary N) is 1. The molecule has 4 saturated carbocycles. The maximum Gasteiger partial charge on any atom is 0.335 e. The minimum absolute atomic E-state index is 0.000246. The van der Waals surface area contributed by atoms with Gasteiger partial charge in [0.25, 0.3) is 0 Å². The molecule has 1 amide bonds. The van der Waals surface area contributed by atoms with Crippen molar-refractivity contribution in [1.29, 1.82) is 0 Å².